The van der Waals surface area contributed by atoms with Crippen molar-refractivity contribution < 1.29 is 4.74 Å². The van der Waals surface area contributed by atoms with Crippen LogP contribution >= 0.6 is 0 Å². The number of hydrogen-bond acceptors (Lipinski definition) is 3. The minimum atomic E-state index is 0.238. The molecule has 0 fully saturated rings. The van der Waals surface area contributed by atoms with Crippen LogP contribution in [0.4, 0.5) is 0 Å². The van der Waals surface area contributed by atoms with Crippen LogP contribution in [-0.4, -0.2) is 19.7 Å². The first-order valence-electron chi connectivity index (χ1n) is 8.33. The highest BCUT2D eigenvalue weighted by molar-refractivity contribution is 5.85. The van der Waals surface area contributed by atoms with Gasteiger partial charge in [-0.25, -0.2) is 0 Å². The van der Waals surface area contributed by atoms with Gasteiger partial charge in [-0.15, -0.1) is 0 Å². The van der Waals surface area contributed by atoms with E-state index in [4.69, 9.17) is 10.5 Å². The summed E-state index contributed by atoms with van der Waals surface area (Å²) in [6.45, 7) is 1.39. The zero-order valence-corrected chi connectivity index (χ0v) is 14.0. The van der Waals surface area contributed by atoms with Crippen LogP contribution in [0.2, 0.25) is 0 Å². The number of methoxy groups -OCH3 is 1. The van der Waals surface area contributed by atoms with E-state index in [1.165, 1.54) is 21.9 Å². The van der Waals surface area contributed by atoms with Crippen LogP contribution < -0.4 is 15.8 Å². The van der Waals surface area contributed by atoms with Crippen LogP contribution in [0.1, 0.15) is 11.1 Å². The number of hydrogen-bond donors (Lipinski definition) is 2. The number of nitrogens with two attached hydrogens (primary N) is 1. The smallest absolute Gasteiger partial charge is 0.119 e. The molecule has 0 radical (unpaired) electrons. The van der Waals surface area contributed by atoms with Crippen LogP contribution in [0.3, 0.4) is 0 Å². The molecule has 3 aromatic rings. The highest BCUT2D eigenvalue weighted by atomic mass is 16.5. The van der Waals surface area contributed by atoms with Gasteiger partial charge in [0.15, 0.2) is 0 Å². The molecule has 0 amide bonds. The molecule has 0 spiro atoms. The van der Waals surface area contributed by atoms with Crippen molar-refractivity contribution in [3.8, 4) is 5.75 Å². The standard InChI is InChI=1S/C21H24N2O/c1-24-20-10-4-6-16(12-20)15-23-19(14-22)13-18-9-5-8-17-7-2-3-11-21(17)18/h2-12,19,23H,13-15,22H2,1H3. The van der Waals surface area contributed by atoms with Crippen molar-refractivity contribution in [3.63, 3.8) is 0 Å². The number of rotatable bonds is 7. The largest absolute Gasteiger partial charge is 0.497 e. The Kier molecular flexibility index (Phi) is 5.47. The summed E-state index contributed by atoms with van der Waals surface area (Å²) in [6.07, 6.45) is 0.918. The summed E-state index contributed by atoms with van der Waals surface area (Å²) in [5.41, 5.74) is 8.53. The van der Waals surface area contributed by atoms with Gasteiger partial charge in [-0.1, -0.05) is 54.6 Å². The van der Waals surface area contributed by atoms with E-state index in [0.717, 1.165) is 18.7 Å². The minimum Gasteiger partial charge on any atom is -0.497 e. The Morgan fingerprint density at radius 2 is 1.79 bits per heavy atom. The zero-order chi connectivity index (χ0) is 16.8. The summed E-state index contributed by atoms with van der Waals surface area (Å²) < 4.78 is 5.28. The molecular weight excluding hydrogens is 296 g/mol. The van der Waals surface area contributed by atoms with E-state index in [1.807, 2.05) is 12.1 Å². The predicted molar refractivity (Wildman–Crippen MR) is 100 cm³/mol. The Bertz CT molecular complexity index is 795. The lowest BCUT2D eigenvalue weighted by Crippen LogP contribution is -2.37. The van der Waals surface area contributed by atoms with Crippen molar-refractivity contribution in [1.82, 2.24) is 5.32 Å². The predicted octanol–water partition coefficient (Wildman–Crippen LogP) is 3.51. The summed E-state index contributed by atoms with van der Waals surface area (Å²) >= 11 is 0. The summed E-state index contributed by atoms with van der Waals surface area (Å²) in [6, 6.07) is 23.3. The number of ether oxygens (including phenoxy) is 1. The molecule has 3 aromatic carbocycles. The van der Waals surface area contributed by atoms with Gasteiger partial charge in [-0.3, -0.25) is 0 Å². The van der Waals surface area contributed by atoms with Crippen molar-refractivity contribution in [2.45, 2.75) is 19.0 Å². The monoisotopic (exact) mass is 320 g/mol. The molecule has 124 valence electrons. The summed E-state index contributed by atoms with van der Waals surface area (Å²) in [5, 5.41) is 6.15. The highest BCUT2D eigenvalue weighted by Gasteiger charge is 2.10. The second-order valence-electron chi connectivity index (χ2n) is 6.01. The summed E-state index contributed by atoms with van der Waals surface area (Å²) in [7, 11) is 1.69. The molecule has 3 N–H and O–H groups in total. The van der Waals surface area contributed by atoms with Gasteiger partial charge in [0.2, 0.25) is 0 Å². The molecule has 0 aliphatic carbocycles. The maximum atomic E-state index is 6.00. The van der Waals surface area contributed by atoms with E-state index < -0.39 is 0 Å². The SMILES string of the molecule is COc1cccc(CNC(CN)Cc2cccc3ccccc23)c1. The maximum Gasteiger partial charge on any atom is 0.119 e. The normalized spacial score (nSPS) is 12.2. The lowest BCUT2D eigenvalue weighted by Gasteiger charge is -2.18. The van der Waals surface area contributed by atoms with Gasteiger partial charge >= 0.3 is 0 Å². The average molecular weight is 320 g/mol. The van der Waals surface area contributed by atoms with Gasteiger partial charge in [0.05, 0.1) is 7.11 Å². The van der Waals surface area contributed by atoms with E-state index in [9.17, 15) is 0 Å². The van der Waals surface area contributed by atoms with E-state index in [1.54, 1.807) is 7.11 Å². The Hall–Kier alpha value is -2.36. The third kappa shape index (κ3) is 3.94. The van der Waals surface area contributed by atoms with E-state index >= 15 is 0 Å². The van der Waals surface area contributed by atoms with Crippen molar-refractivity contribution in [2.24, 2.45) is 5.73 Å². The second-order valence-corrected chi connectivity index (χ2v) is 6.01. The molecule has 0 saturated carbocycles. The molecule has 3 heteroatoms. The number of fused-ring (bicyclic) bond motifs is 1. The van der Waals surface area contributed by atoms with Crippen molar-refractivity contribution in [3.05, 3.63) is 77.9 Å². The fourth-order valence-corrected chi connectivity index (χ4v) is 3.02. The van der Waals surface area contributed by atoms with Crippen molar-refractivity contribution >= 4 is 10.8 Å². The Morgan fingerprint density at radius 1 is 1.00 bits per heavy atom. The topological polar surface area (TPSA) is 47.3 Å². The highest BCUT2D eigenvalue weighted by Crippen LogP contribution is 2.20. The van der Waals surface area contributed by atoms with Crippen molar-refractivity contribution in [1.29, 1.82) is 0 Å². The fourth-order valence-electron chi connectivity index (χ4n) is 3.02. The van der Waals surface area contributed by atoms with E-state index in [2.05, 4.69) is 59.9 Å². The van der Waals surface area contributed by atoms with E-state index in [0.29, 0.717) is 6.54 Å². The van der Waals surface area contributed by atoms with Crippen molar-refractivity contribution in [2.75, 3.05) is 13.7 Å². The first-order chi connectivity index (χ1) is 11.8. The van der Waals surface area contributed by atoms with E-state index in [-0.39, 0.29) is 6.04 Å². The third-order valence-corrected chi connectivity index (χ3v) is 4.36. The first-order valence-corrected chi connectivity index (χ1v) is 8.33. The molecule has 0 bridgehead atoms. The zero-order valence-electron chi connectivity index (χ0n) is 14.0. The molecule has 24 heavy (non-hydrogen) atoms. The van der Waals surface area contributed by atoms with Crippen LogP contribution in [0.25, 0.3) is 10.8 Å². The fraction of sp³-hybridized carbons (Fsp3) is 0.238. The van der Waals surface area contributed by atoms with Gasteiger partial charge in [0.25, 0.3) is 0 Å². The molecule has 1 unspecified atom stereocenters. The maximum absolute atomic E-state index is 6.00. The Labute approximate surface area is 143 Å². The third-order valence-electron chi connectivity index (χ3n) is 4.36. The number of nitrogens with one attached hydrogen (secondary N) is 1. The van der Waals surface area contributed by atoms with Gasteiger partial charge in [0, 0.05) is 19.1 Å². The van der Waals surface area contributed by atoms with Gasteiger partial charge in [-0.05, 0) is 40.5 Å². The molecule has 1 atom stereocenters. The molecular formula is C21H24N2O. The molecule has 0 aliphatic rings. The second kappa shape index (κ2) is 7.95. The lowest BCUT2D eigenvalue weighted by atomic mass is 9.98. The first kappa shape index (κ1) is 16.5. The van der Waals surface area contributed by atoms with Crippen LogP contribution in [0, 0.1) is 0 Å². The number of benzene rings is 3. The van der Waals surface area contributed by atoms with Gasteiger partial charge in [0.1, 0.15) is 5.75 Å². The van der Waals surface area contributed by atoms with Crippen LogP contribution in [-0.2, 0) is 13.0 Å². The molecule has 0 aromatic heterocycles. The average Bonchev–Trinajstić information content (AvgIpc) is 2.65. The summed E-state index contributed by atoms with van der Waals surface area (Å²) in [4.78, 5) is 0. The van der Waals surface area contributed by atoms with Gasteiger partial charge in [-0.2, -0.15) is 0 Å². The molecule has 0 aliphatic heterocycles. The molecule has 3 nitrogen and oxygen atoms in total. The Balaban J connectivity index is 1.70. The molecule has 3 rings (SSSR count). The quantitative estimate of drug-likeness (QED) is 0.700. The van der Waals surface area contributed by atoms with Gasteiger partial charge < -0.3 is 15.8 Å². The van der Waals surface area contributed by atoms with Crippen LogP contribution in [0.15, 0.2) is 66.7 Å². The lowest BCUT2D eigenvalue weighted by molar-refractivity contribution is 0.413. The van der Waals surface area contributed by atoms with Crippen LogP contribution in [0.5, 0.6) is 5.75 Å². The molecule has 0 saturated heterocycles. The molecule has 0 heterocycles. The Morgan fingerprint density at radius 3 is 2.62 bits per heavy atom. The minimum absolute atomic E-state index is 0.238. The summed E-state index contributed by atoms with van der Waals surface area (Å²) in [5.74, 6) is 0.882.